The summed E-state index contributed by atoms with van der Waals surface area (Å²) in [5.74, 6) is 0.558. The summed E-state index contributed by atoms with van der Waals surface area (Å²) in [6, 6.07) is 9.38. The average molecular weight is 613 g/mol. The molecule has 2 aliphatic rings. The van der Waals surface area contributed by atoms with Crippen molar-refractivity contribution in [2.45, 2.75) is 70.5 Å². The fraction of sp³-hybridized carbons (Fsp3) is 0.500. The maximum absolute atomic E-state index is 13.7. The molecule has 9 nitrogen and oxygen atoms in total. The van der Waals surface area contributed by atoms with Crippen molar-refractivity contribution in [2.75, 3.05) is 23.9 Å². The van der Waals surface area contributed by atoms with Crippen LogP contribution >= 0.6 is 23.2 Å². The maximum Gasteiger partial charge on any atom is 0.243 e. The highest BCUT2D eigenvalue weighted by molar-refractivity contribution is 7.92. The summed E-state index contributed by atoms with van der Waals surface area (Å²) in [6.45, 7) is 2.15. The molecule has 0 bridgehead atoms. The summed E-state index contributed by atoms with van der Waals surface area (Å²) in [5, 5.41) is 3.99. The van der Waals surface area contributed by atoms with E-state index in [0.29, 0.717) is 39.2 Å². The number of benzene rings is 2. The number of sulfonamides is 1. The number of hydrogen-bond donors (Lipinski definition) is 1. The molecule has 0 unspecified atom stereocenters. The molecule has 1 saturated carbocycles. The number of hydrogen-bond acceptors (Lipinski definition) is 6. The first-order valence-corrected chi connectivity index (χ1v) is 16.1. The zero-order valence-corrected chi connectivity index (χ0v) is 25.0. The van der Waals surface area contributed by atoms with E-state index in [1.807, 2.05) is 6.92 Å². The second kappa shape index (κ2) is 13.3. The molecule has 1 fully saturated rings. The lowest BCUT2D eigenvalue weighted by Crippen LogP contribution is -2.51. The molecular weight excluding hydrogens is 577 g/mol. The van der Waals surface area contributed by atoms with Gasteiger partial charge in [-0.25, -0.2) is 8.42 Å². The molecule has 4 rings (SSSR count). The molecule has 2 aromatic rings. The Morgan fingerprint density at radius 1 is 1.07 bits per heavy atom. The van der Waals surface area contributed by atoms with Crippen LogP contribution in [0.25, 0.3) is 0 Å². The molecule has 2 amide bonds. The molecule has 1 heterocycles. The molecule has 2 aromatic carbocycles. The van der Waals surface area contributed by atoms with Crippen molar-refractivity contribution in [3.63, 3.8) is 0 Å². The number of halogens is 2. The first-order chi connectivity index (χ1) is 19.1. The highest BCUT2D eigenvalue weighted by Crippen LogP contribution is 2.36. The van der Waals surface area contributed by atoms with Crippen molar-refractivity contribution >= 4 is 50.7 Å². The van der Waals surface area contributed by atoms with Crippen LogP contribution in [0.5, 0.6) is 11.5 Å². The van der Waals surface area contributed by atoms with E-state index in [-0.39, 0.29) is 50.6 Å². The second-order valence-electron chi connectivity index (χ2n) is 10.1. The fourth-order valence-electron chi connectivity index (χ4n) is 5.16. The number of carbonyl (C=O) groups excluding carboxylic acids is 2. The third-order valence-corrected chi connectivity index (χ3v) is 9.02. The van der Waals surface area contributed by atoms with Crippen molar-refractivity contribution in [1.29, 1.82) is 0 Å². The summed E-state index contributed by atoms with van der Waals surface area (Å²) in [5.41, 5.74) is 1.09. The summed E-state index contributed by atoms with van der Waals surface area (Å²) in [6.07, 6.45) is 5.83. The van der Waals surface area contributed by atoms with Crippen molar-refractivity contribution in [1.82, 2.24) is 10.2 Å². The van der Waals surface area contributed by atoms with Crippen LogP contribution in [0, 0.1) is 0 Å². The van der Waals surface area contributed by atoms with Crippen LogP contribution in [-0.2, 0) is 26.2 Å². The minimum atomic E-state index is -3.64. The van der Waals surface area contributed by atoms with Gasteiger partial charge in [0.15, 0.2) is 11.5 Å². The Kier molecular flexibility index (Phi) is 10.1. The van der Waals surface area contributed by atoms with Gasteiger partial charge in [0.2, 0.25) is 28.6 Å². The zero-order chi connectivity index (χ0) is 28.9. The minimum absolute atomic E-state index is 0.0367. The number of amides is 2. The number of fused-ring (bicyclic) bond motifs is 1. The summed E-state index contributed by atoms with van der Waals surface area (Å²) >= 11 is 12.5. The standard InChI is InChI=1S/C28H35Cl2N3O6S/c1-3-24(28(35)31-21-7-4-5-8-21)32(17-19-10-11-20(29)15-23(19)30)27(34)9-6-14-33(40(2,36)37)22-12-13-25-26(16-22)39-18-38-25/h10-13,15-16,21,24H,3-9,14,17-18H2,1-2H3,(H,31,35)/t24-/m1/s1. The van der Waals surface area contributed by atoms with E-state index in [0.717, 1.165) is 31.9 Å². The van der Waals surface area contributed by atoms with Gasteiger partial charge in [0.25, 0.3) is 0 Å². The predicted octanol–water partition coefficient (Wildman–Crippen LogP) is 5.13. The monoisotopic (exact) mass is 611 g/mol. The van der Waals surface area contributed by atoms with Crippen LogP contribution in [0.3, 0.4) is 0 Å². The van der Waals surface area contributed by atoms with Crippen molar-refractivity contribution in [3.8, 4) is 11.5 Å². The van der Waals surface area contributed by atoms with Gasteiger partial charge in [0, 0.05) is 41.7 Å². The topological polar surface area (TPSA) is 105 Å². The summed E-state index contributed by atoms with van der Waals surface area (Å²) in [7, 11) is -3.64. The van der Waals surface area contributed by atoms with Crippen LogP contribution in [0.1, 0.15) is 57.4 Å². The SMILES string of the molecule is CC[C@H](C(=O)NC1CCCC1)N(Cc1ccc(Cl)cc1Cl)C(=O)CCCN(c1ccc2c(c1)OCO2)S(C)(=O)=O. The Labute approximate surface area is 245 Å². The van der Waals surface area contributed by atoms with Gasteiger partial charge in [0.1, 0.15) is 6.04 Å². The molecular formula is C28H35Cl2N3O6S. The van der Waals surface area contributed by atoms with Crippen LogP contribution < -0.4 is 19.1 Å². The highest BCUT2D eigenvalue weighted by Gasteiger charge is 2.31. The summed E-state index contributed by atoms with van der Waals surface area (Å²) in [4.78, 5) is 28.5. The zero-order valence-electron chi connectivity index (χ0n) is 22.7. The lowest BCUT2D eigenvalue weighted by atomic mass is 10.1. The normalized spacial score (nSPS) is 15.6. The number of carbonyl (C=O) groups is 2. The molecule has 1 aliphatic carbocycles. The maximum atomic E-state index is 13.7. The lowest BCUT2D eigenvalue weighted by Gasteiger charge is -2.32. The van der Waals surface area contributed by atoms with E-state index in [9.17, 15) is 18.0 Å². The first-order valence-electron chi connectivity index (χ1n) is 13.5. The molecule has 1 atom stereocenters. The Morgan fingerprint density at radius 2 is 1.80 bits per heavy atom. The quantitative estimate of drug-likeness (QED) is 0.356. The van der Waals surface area contributed by atoms with Gasteiger partial charge in [-0.2, -0.15) is 0 Å². The Hall–Kier alpha value is -2.69. The van der Waals surface area contributed by atoms with E-state index < -0.39 is 16.1 Å². The van der Waals surface area contributed by atoms with Gasteiger partial charge in [-0.1, -0.05) is 49.0 Å². The van der Waals surface area contributed by atoms with E-state index in [1.54, 1.807) is 41.3 Å². The van der Waals surface area contributed by atoms with Gasteiger partial charge in [0.05, 0.1) is 11.9 Å². The van der Waals surface area contributed by atoms with Gasteiger partial charge >= 0.3 is 0 Å². The minimum Gasteiger partial charge on any atom is -0.454 e. The fourth-order valence-corrected chi connectivity index (χ4v) is 6.59. The molecule has 218 valence electrons. The number of anilines is 1. The van der Waals surface area contributed by atoms with E-state index in [4.69, 9.17) is 32.7 Å². The van der Waals surface area contributed by atoms with Crippen LogP contribution in [-0.4, -0.2) is 56.8 Å². The van der Waals surface area contributed by atoms with Gasteiger partial charge in [-0.3, -0.25) is 13.9 Å². The highest BCUT2D eigenvalue weighted by atomic mass is 35.5. The Bertz CT molecular complexity index is 1330. The Morgan fingerprint density at radius 3 is 2.48 bits per heavy atom. The molecule has 12 heteroatoms. The molecule has 1 aliphatic heterocycles. The lowest BCUT2D eigenvalue weighted by molar-refractivity contribution is -0.141. The molecule has 40 heavy (non-hydrogen) atoms. The third-order valence-electron chi connectivity index (χ3n) is 7.24. The summed E-state index contributed by atoms with van der Waals surface area (Å²) < 4.78 is 37.2. The molecule has 0 radical (unpaired) electrons. The third kappa shape index (κ3) is 7.53. The Balaban J connectivity index is 1.50. The molecule has 0 spiro atoms. The number of ether oxygens (including phenoxy) is 2. The molecule has 0 saturated heterocycles. The number of nitrogens with zero attached hydrogens (tertiary/aromatic N) is 2. The largest absolute Gasteiger partial charge is 0.454 e. The van der Waals surface area contributed by atoms with Crippen molar-refractivity contribution in [2.24, 2.45) is 0 Å². The van der Waals surface area contributed by atoms with Crippen molar-refractivity contribution < 1.29 is 27.5 Å². The molecule has 1 N–H and O–H groups in total. The van der Waals surface area contributed by atoms with Gasteiger partial charge in [-0.15, -0.1) is 0 Å². The second-order valence-corrected chi connectivity index (χ2v) is 12.9. The smallest absolute Gasteiger partial charge is 0.243 e. The van der Waals surface area contributed by atoms with Crippen LogP contribution in [0.4, 0.5) is 5.69 Å². The van der Waals surface area contributed by atoms with Crippen molar-refractivity contribution in [3.05, 3.63) is 52.0 Å². The first kappa shape index (κ1) is 30.3. The van der Waals surface area contributed by atoms with E-state index in [1.165, 1.54) is 4.31 Å². The van der Waals surface area contributed by atoms with Gasteiger partial charge < -0.3 is 19.7 Å². The molecule has 0 aromatic heterocycles. The van der Waals surface area contributed by atoms with Crippen LogP contribution in [0.2, 0.25) is 10.0 Å². The number of rotatable bonds is 12. The number of nitrogens with one attached hydrogen (secondary N) is 1. The average Bonchev–Trinajstić information content (AvgIpc) is 3.58. The predicted molar refractivity (Wildman–Crippen MR) is 155 cm³/mol. The van der Waals surface area contributed by atoms with E-state index in [2.05, 4.69) is 5.32 Å². The van der Waals surface area contributed by atoms with E-state index >= 15 is 0 Å². The van der Waals surface area contributed by atoms with Crippen LogP contribution in [0.15, 0.2) is 36.4 Å². The van der Waals surface area contributed by atoms with Gasteiger partial charge in [-0.05, 0) is 55.5 Å².